The molecule has 6 nitrogen and oxygen atoms in total. The number of nitrogens with zero attached hydrogens (tertiary/aromatic N) is 4. The molecular weight excluding hydrogens is 310 g/mol. The van der Waals surface area contributed by atoms with E-state index in [0.29, 0.717) is 0 Å². The second-order valence-corrected chi connectivity index (χ2v) is 7.04. The molecule has 1 aliphatic rings. The molecule has 0 spiro atoms. The molecule has 7 heteroatoms. The number of thiophene rings is 1. The Morgan fingerprint density at radius 3 is 3.13 bits per heavy atom. The molecule has 3 rings (SSSR count). The maximum atomic E-state index is 12.3. The molecule has 1 saturated heterocycles. The minimum atomic E-state index is 0.0135. The summed E-state index contributed by atoms with van der Waals surface area (Å²) in [6.07, 6.45) is 5.77. The van der Waals surface area contributed by atoms with Gasteiger partial charge in [-0.1, -0.05) is 6.07 Å². The number of aryl methyl sites for hydroxylation is 1. The summed E-state index contributed by atoms with van der Waals surface area (Å²) in [5.41, 5.74) is 1.12. The van der Waals surface area contributed by atoms with Crippen molar-refractivity contribution in [3.63, 3.8) is 0 Å². The van der Waals surface area contributed by atoms with Gasteiger partial charge in [-0.25, -0.2) is 4.79 Å². The highest BCUT2D eigenvalue weighted by Crippen LogP contribution is 2.19. The first-order valence-corrected chi connectivity index (χ1v) is 8.77. The zero-order valence-corrected chi connectivity index (χ0v) is 14.4. The fourth-order valence-corrected chi connectivity index (χ4v) is 3.50. The third kappa shape index (κ3) is 4.04. The van der Waals surface area contributed by atoms with Crippen LogP contribution in [-0.2, 0) is 13.5 Å². The van der Waals surface area contributed by atoms with Crippen LogP contribution >= 0.6 is 11.3 Å². The Balaban J connectivity index is 1.44. The zero-order chi connectivity index (χ0) is 16.2. The van der Waals surface area contributed by atoms with E-state index < -0.39 is 0 Å². The van der Waals surface area contributed by atoms with Crippen molar-refractivity contribution >= 4 is 23.1 Å². The van der Waals surface area contributed by atoms with Crippen LogP contribution in [0.25, 0.3) is 0 Å². The minimum absolute atomic E-state index is 0.0135. The Morgan fingerprint density at radius 2 is 2.43 bits per heavy atom. The number of anilines is 1. The molecule has 3 heterocycles. The number of likely N-dealkylation sites (N-methyl/N-ethyl adjacent to an activating group) is 1. The van der Waals surface area contributed by atoms with Crippen LogP contribution in [0.4, 0.5) is 10.5 Å². The second kappa shape index (κ2) is 7.04. The molecule has 0 aliphatic carbocycles. The van der Waals surface area contributed by atoms with Crippen LogP contribution in [0, 0.1) is 0 Å². The van der Waals surface area contributed by atoms with E-state index in [0.717, 1.165) is 38.2 Å². The third-order valence-corrected chi connectivity index (χ3v) is 5.13. The summed E-state index contributed by atoms with van der Waals surface area (Å²) in [5, 5.41) is 9.41. The van der Waals surface area contributed by atoms with E-state index in [1.165, 1.54) is 4.88 Å². The third-order valence-electron chi connectivity index (χ3n) is 4.19. The summed E-state index contributed by atoms with van der Waals surface area (Å²) in [6, 6.07) is 4.37. The molecule has 1 N–H and O–H groups in total. The van der Waals surface area contributed by atoms with Crippen molar-refractivity contribution < 1.29 is 4.79 Å². The van der Waals surface area contributed by atoms with Gasteiger partial charge in [0, 0.05) is 50.8 Å². The Kier molecular flexibility index (Phi) is 4.85. The number of amides is 2. The van der Waals surface area contributed by atoms with Crippen molar-refractivity contribution in [3.05, 3.63) is 34.8 Å². The molecule has 1 atom stereocenters. The normalized spacial score (nSPS) is 17.5. The van der Waals surface area contributed by atoms with E-state index in [2.05, 4.69) is 26.8 Å². The van der Waals surface area contributed by atoms with Crippen LogP contribution in [0.15, 0.2) is 29.9 Å². The molecule has 2 amide bonds. The monoisotopic (exact) mass is 333 g/mol. The number of hydrogen-bond donors (Lipinski definition) is 1. The first kappa shape index (κ1) is 15.9. The molecule has 2 aromatic heterocycles. The highest BCUT2D eigenvalue weighted by Gasteiger charge is 2.25. The molecule has 2 aromatic rings. The lowest BCUT2D eigenvalue weighted by atomic mass is 10.3. The smallest absolute Gasteiger partial charge is 0.317 e. The quantitative estimate of drug-likeness (QED) is 0.910. The molecule has 1 aliphatic heterocycles. The van der Waals surface area contributed by atoms with Crippen LogP contribution in [0.2, 0.25) is 0 Å². The van der Waals surface area contributed by atoms with Gasteiger partial charge < -0.3 is 15.1 Å². The van der Waals surface area contributed by atoms with Gasteiger partial charge in [0.1, 0.15) is 0 Å². The van der Waals surface area contributed by atoms with Gasteiger partial charge in [0.05, 0.1) is 11.9 Å². The molecular formula is C16H23N5OS. The van der Waals surface area contributed by atoms with Crippen LogP contribution < -0.4 is 10.2 Å². The number of hydrogen-bond acceptors (Lipinski definition) is 4. The summed E-state index contributed by atoms with van der Waals surface area (Å²) in [5.74, 6) is 0. The second-order valence-electron chi connectivity index (χ2n) is 6.00. The van der Waals surface area contributed by atoms with Crippen molar-refractivity contribution in [2.24, 2.45) is 7.05 Å². The van der Waals surface area contributed by atoms with Gasteiger partial charge in [-0.2, -0.15) is 5.10 Å². The average molecular weight is 333 g/mol. The Bertz CT molecular complexity index is 639. The van der Waals surface area contributed by atoms with E-state index in [9.17, 15) is 4.79 Å². The molecule has 0 saturated carbocycles. The molecule has 1 fully saturated rings. The number of nitrogens with one attached hydrogen (secondary N) is 1. The zero-order valence-electron chi connectivity index (χ0n) is 13.6. The molecule has 23 heavy (non-hydrogen) atoms. The van der Waals surface area contributed by atoms with Crippen LogP contribution in [0.1, 0.15) is 11.3 Å². The summed E-state index contributed by atoms with van der Waals surface area (Å²) in [4.78, 5) is 17.6. The summed E-state index contributed by atoms with van der Waals surface area (Å²) < 4.78 is 1.81. The molecule has 0 bridgehead atoms. The predicted octanol–water partition coefficient (Wildman–Crippen LogP) is 1.94. The number of urea groups is 1. The minimum Gasteiger partial charge on any atom is -0.367 e. The standard InChI is InChI=1S/C16H23N5OS/c1-19(7-6-15-4-3-9-23-15)16(22)18-13-5-8-21(11-13)14-10-17-20(2)12-14/h3-4,9-10,12-13H,5-8,11H2,1-2H3,(H,18,22). The molecule has 1 unspecified atom stereocenters. The maximum absolute atomic E-state index is 12.3. The first-order valence-electron chi connectivity index (χ1n) is 7.89. The van der Waals surface area contributed by atoms with Gasteiger partial charge in [0.15, 0.2) is 0 Å². The first-order chi connectivity index (χ1) is 11.1. The van der Waals surface area contributed by atoms with E-state index in [1.54, 1.807) is 20.9 Å². The lowest BCUT2D eigenvalue weighted by molar-refractivity contribution is 0.206. The van der Waals surface area contributed by atoms with Crippen LogP contribution in [0.5, 0.6) is 0 Å². The summed E-state index contributed by atoms with van der Waals surface area (Å²) >= 11 is 1.74. The van der Waals surface area contributed by atoms with Gasteiger partial charge in [0.2, 0.25) is 0 Å². The Morgan fingerprint density at radius 1 is 1.57 bits per heavy atom. The van der Waals surface area contributed by atoms with Gasteiger partial charge in [-0.05, 0) is 24.3 Å². The maximum Gasteiger partial charge on any atom is 0.317 e. The number of rotatable bonds is 5. The summed E-state index contributed by atoms with van der Waals surface area (Å²) in [6.45, 7) is 2.54. The Labute approximate surface area is 140 Å². The Hall–Kier alpha value is -2.02. The largest absolute Gasteiger partial charge is 0.367 e. The van der Waals surface area contributed by atoms with Crippen molar-refractivity contribution in [1.29, 1.82) is 0 Å². The highest BCUT2D eigenvalue weighted by molar-refractivity contribution is 7.09. The van der Waals surface area contributed by atoms with Gasteiger partial charge in [0.25, 0.3) is 0 Å². The SMILES string of the molecule is CN(CCc1cccs1)C(=O)NC1CCN(c2cnn(C)c2)C1. The van der Waals surface area contributed by atoms with Crippen LogP contribution in [-0.4, -0.2) is 53.4 Å². The van der Waals surface area contributed by atoms with Gasteiger partial charge in [-0.3, -0.25) is 4.68 Å². The van der Waals surface area contributed by atoms with E-state index in [-0.39, 0.29) is 12.1 Å². The topological polar surface area (TPSA) is 53.4 Å². The lowest BCUT2D eigenvalue weighted by Gasteiger charge is -2.21. The molecule has 124 valence electrons. The van der Waals surface area contributed by atoms with Crippen molar-refractivity contribution in [3.8, 4) is 0 Å². The number of carbonyl (C=O) groups is 1. The van der Waals surface area contributed by atoms with E-state index in [4.69, 9.17) is 0 Å². The van der Waals surface area contributed by atoms with E-state index >= 15 is 0 Å². The van der Waals surface area contributed by atoms with E-state index in [1.807, 2.05) is 32.6 Å². The predicted molar refractivity (Wildman–Crippen MR) is 93.0 cm³/mol. The highest BCUT2D eigenvalue weighted by atomic mass is 32.1. The van der Waals surface area contributed by atoms with Crippen molar-refractivity contribution in [2.75, 3.05) is 31.6 Å². The fraction of sp³-hybridized carbons (Fsp3) is 0.500. The summed E-state index contributed by atoms with van der Waals surface area (Å²) in [7, 11) is 3.78. The number of aromatic nitrogens is 2. The van der Waals surface area contributed by atoms with Gasteiger partial charge >= 0.3 is 6.03 Å². The van der Waals surface area contributed by atoms with Crippen molar-refractivity contribution in [2.45, 2.75) is 18.9 Å². The van der Waals surface area contributed by atoms with Gasteiger partial charge in [-0.15, -0.1) is 11.3 Å². The average Bonchev–Trinajstić information content (AvgIpc) is 3.25. The van der Waals surface area contributed by atoms with Crippen molar-refractivity contribution in [1.82, 2.24) is 20.0 Å². The molecule has 0 radical (unpaired) electrons. The number of carbonyl (C=O) groups excluding carboxylic acids is 1. The fourth-order valence-electron chi connectivity index (χ4n) is 2.80. The van der Waals surface area contributed by atoms with Crippen LogP contribution in [0.3, 0.4) is 0 Å². The lowest BCUT2D eigenvalue weighted by Crippen LogP contribution is -2.44. The molecule has 0 aromatic carbocycles.